The number of hydrogen-bond acceptors (Lipinski definition) is 4. The Morgan fingerprint density at radius 1 is 1.12 bits per heavy atom. The predicted molar refractivity (Wildman–Crippen MR) is 29.9 cm³/mol. The quantitative estimate of drug-likeness (QED) is 0.489. The molecular weight excluding hydrogens is 104 g/mol. The number of hydrogen-bond donors (Lipinski definition) is 1. The Hall–Kier alpha value is -1.03. The van der Waals surface area contributed by atoms with E-state index >= 15 is 0 Å². The third-order valence-electron chi connectivity index (χ3n) is 0.409. The second-order valence-electron chi connectivity index (χ2n) is 0.811. The second kappa shape index (κ2) is 5.97. The summed E-state index contributed by atoms with van der Waals surface area (Å²) in [5.41, 5.74) is 4.50. The van der Waals surface area contributed by atoms with Crippen LogP contribution in [0.4, 0.5) is 0 Å². The van der Waals surface area contributed by atoms with Crippen molar-refractivity contribution in [2.24, 2.45) is 5.73 Å². The molecule has 0 saturated heterocycles. The van der Waals surface area contributed by atoms with Crippen LogP contribution in [-0.4, -0.2) is 22.5 Å². The smallest absolute Gasteiger partial charge is 0.0529 e. The van der Waals surface area contributed by atoms with Crippen molar-refractivity contribution in [3.8, 4) is 0 Å². The van der Waals surface area contributed by atoms with Gasteiger partial charge in [-0.25, -0.2) is 0 Å². The van der Waals surface area contributed by atoms with Crippen LogP contribution in [0.1, 0.15) is 0 Å². The average molecular weight is 112 g/mol. The monoisotopic (exact) mass is 112 g/mol. The lowest BCUT2D eigenvalue weighted by Gasteiger charge is -1.68. The fourth-order valence-corrected chi connectivity index (χ4v) is 0.205. The first kappa shape index (κ1) is 6.97. The van der Waals surface area contributed by atoms with E-state index < -0.39 is 0 Å². The Balaban J connectivity index is 0.000000222. The van der Waals surface area contributed by atoms with Crippen LogP contribution < -0.4 is 5.73 Å². The highest BCUT2D eigenvalue weighted by Gasteiger charge is 1.60. The van der Waals surface area contributed by atoms with Crippen molar-refractivity contribution in [3.05, 3.63) is 18.5 Å². The van der Waals surface area contributed by atoms with Crippen LogP contribution in [0.2, 0.25) is 0 Å². The van der Waals surface area contributed by atoms with Gasteiger partial charge in [-0.15, -0.1) is 10.2 Å². The van der Waals surface area contributed by atoms with Crippen LogP contribution in [-0.2, 0) is 0 Å². The molecule has 0 spiro atoms. The molecule has 0 radical (unpaired) electrons. The summed E-state index contributed by atoms with van der Waals surface area (Å²) in [6.45, 7) is 0. The first-order valence-electron chi connectivity index (χ1n) is 2.16. The van der Waals surface area contributed by atoms with Crippen molar-refractivity contribution < 1.29 is 0 Å². The highest BCUT2D eigenvalue weighted by molar-refractivity contribution is 4.69. The largest absolute Gasteiger partial charge is 0.333 e. The minimum Gasteiger partial charge on any atom is -0.333 e. The van der Waals surface area contributed by atoms with E-state index in [0.717, 1.165) is 0 Å². The minimum absolute atomic E-state index is 1.50. The summed E-state index contributed by atoms with van der Waals surface area (Å²) in [6, 6.07) is 1.72. The SMILES string of the molecule is CN.c1cnnnc1. The molecule has 4 nitrogen and oxygen atoms in total. The standard InChI is InChI=1S/C3H3N3.CH5N/c1-2-4-6-5-3-1;1-2/h1-3H;2H2,1H3. The topological polar surface area (TPSA) is 64.7 Å². The first-order chi connectivity index (χ1) is 4.00. The van der Waals surface area contributed by atoms with E-state index in [-0.39, 0.29) is 0 Å². The molecule has 0 amide bonds. The van der Waals surface area contributed by atoms with Gasteiger partial charge in [0.05, 0.1) is 12.4 Å². The van der Waals surface area contributed by atoms with Crippen molar-refractivity contribution >= 4 is 0 Å². The van der Waals surface area contributed by atoms with Gasteiger partial charge >= 0.3 is 0 Å². The summed E-state index contributed by atoms with van der Waals surface area (Å²) in [7, 11) is 1.50. The molecule has 44 valence electrons. The summed E-state index contributed by atoms with van der Waals surface area (Å²) >= 11 is 0. The molecule has 0 unspecified atom stereocenters. The van der Waals surface area contributed by atoms with Crippen molar-refractivity contribution in [3.63, 3.8) is 0 Å². The van der Waals surface area contributed by atoms with Gasteiger partial charge in [-0.1, -0.05) is 0 Å². The van der Waals surface area contributed by atoms with Gasteiger partial charge in [-0.05, 0) is 18.3 Å². The zero-order valence-corrected chi connectivity index (χ0v) is 4.65. The van der Waals surface area contributed by atoms with Crippen LogP contribution >= 0.6 is 0 Å². The van der Waals surface area contributed by atoms with E-state index in [1.165, 1.54) is 7.05 Å². The fourth-order valence-electron chi connectivity index (χ4n) is 0.205. The molecule has 0 aliphatic heterocycles. The highest BCUT2D eigenvalue weighted by atomic mass is 15.3. The molecule has 0 bridgehead atoms. The molecule has 1 heterocycles. The van der Waals surface area contributed by atoms with E-state index in [2.05, 4.69) is 21.1 Å². The lowest BCUT2D eigenvalue weighted by molar-refractivity contribution is 0.865. The molecule has 1 aromatic rings. The van der Waals surface area contributed by atoms with Crippen LogP contribution in [0.25, 0.3) is 0 Å². The summed E-state index contributed by atoms with van der Waals surface area (Å²) in [5.74, 6) is 0. The van der Waals surface area contributed by atoms with Crippen molar-refractivity contribution in [2.75, 3.05) is 7.05 Å². The maximum absolute atomic E-state index is 4.50. The Morgan fingerprint density at radius 2 is 1.62 bits per heavy atom. The number of aromatic nitrogens is 3. The lowest BCUT2D eigenvalue weighted by atomic mass is 10.7. The lowest BCUT2D eigenvalue weighted by Crippen LogP contribution is -1.78. The molecule has 1 aromatic heterocycles. The summed E-state index contributed by atoms with van der Waals surface area (Å²) < 4.78 is 0. The normalized spacial score (nSPS) is 6.75. The first-order valence-corrected chi connectivity index (χ1v) is 2.16. The molecule has 0 saturated carbocycles. The second-order valence-corrected chi connectivity index (χ2v) is 0.811. The van der Waals surface area contributed by atoms with E-state index in [1.807, 2.05) is 0 Å². The van der Waals surface area contributed by atoms with Gasteiger partial charge in [0.1, 0.15) is 0 Å². The molecule has 0 aromatic carbocycles. The maximum Gasteiger partial charge on any atom is 0.0529 e. The summed E-state index contributed by atoms with van der Waals surface area (Å²) in [6.07, 6.45) is 3.15. The van der Waals surface area contributed by atoms with Gasteiger partial charge in [0, 0.05) is 0 Å². The van der Waals surface area contributed by atoms with Crippen molar-refractivity contribution in [1.29, 1.82) is 0 Å². The Morgan fingerprint density at radius 3 is 1.75 bits per heavy atom. The maximum atomic E-state index is 4.50. The Kier molecular flexibility index (Phi) is 5.20. The zero-order valence-electron chi connectivity index (χ0n) is 4.65. The molecule has 2 N–H and O–H groups in total. The van der Waals surface area contributed by atoms with Crippen LogP contribution in [0.5, 0.6) is 0 Å². The van der Waals surface area contributed by atoms with E-state index in [4.69, 9.17) is 0 Å². The molecular formula is C4H8N4. The van der Waals surface area contributed by atoms with Crippen molar-refractivity contribution in [1.82, 2.24) is 15.4 Å². The van der Waals surface area contributed by atoms with E-state index in [9.17, 15) is 0 Å². The third-order valence-corrected chi connectivity index (χ3v) is 0.409. The molecule has 8 heavy (non-hydrogen) atoms. The van der Waals surface area contributed by atoms with Crippen LogP contribution in [0.3, 0.4) is 0 Å². The minimum atomic E-state index is 1.50. The average Bonchev–Trinajstić information content (AvgIpc) is 1.96. The fraction of sp³-hybridized carbons (Fsp3) is 0.250. The third kappa shape index (κ3) is 3.17. The van der Waals surface area contributed by atoms with Gasteiger partial charge in [0.2, 0.25) is 0 Å². The summed E-state index contributed by atoms with van der Waals surface area (Å²) in [5, 5.41) is 10.1. The number of rotatable bonds is 0. The van der Waals surface area contributed by atoms with Gasteiger partial charge in [-0.2, -0.15) is 0 Å². The molecule has 1 rings (SSSR count). The molecule has 0 aliphatic carbocycles. The Labute approximate surface area is 47.7 Å². The molecule has 0 atom stereocenters. The molecule has 0 fully saturated rings. The van der Waals surface area contributed by atoms with Gasteiger partial charge in [0.15, 0.2) is 0 Å². The number of nitrogens with two attached hydrogens (primary N) is 1. The Bertz CT molecular complexity index is 80.0. The molecule has 0 aliphatic rings. The van der Waals surface area contributed by atoms with Crippen molar-refractivity contribution in [2.45, 2.75) is 0 Å². The van der Waals surface area contributed by atoms with Gasteiger partial charge < -0.3 is 5.73 Å². The van der Waals surface area contributed by atoms with Gasteiger partial charge in [-0.3, -0.25) is 0 Å². The number of nitrogens with zero attached hydrogens (tertiary/aromatic N) is 3. The van der Waals surface area contributed by atoms with Gasteiger partial charge in [0.25, 0.3) is 0 Å². The van der Waals surface area contributed by atoms with Crippen LogP contribution in [0.15, 0.2) is 18.5 Å². The van der Waals surface area contributed by atoms with E-state index in [1.54, 1.807) is 18.5 Å². The zero-order chi connectivity index (χ0) is 6.24. The predicted octanol–water partition coefficient (Wildman–Crippen LogP) is -0.554. The van der Waals surface area contributed by atoms with Crippen LogP contribution in [0, 0.1) is 0 Å². The highest BCUT2D eigenvalue weighted by Crippen LogP contribution is 1.61. The summed E-state index contributed by atoms with van der Waals surface area (Å²) in [4.78, 5) is 0. The van der Waals surface area contributed by atoms with E-state index in [0.29, 0.717) is 0 Å². The molecule has 4 heteroatoms.